The van der Waals surface area contributed by atoms with Gasteiger partial charge in [-0.2, -0.15) is 13.2 Å². The number of aliphatic hydroxyl groups excluding tert-OH is 1. The predicted octanol–water partition coefficient (Wildman–Crippen LogP) is 1.57. The summed E-state index contributed by atoms with van der Waals surface area (Å²) in [5.41, 5.74) is -0.901. The van der Waals surface area contributed by atoms with Gasteiger partial charge in [-0.15, -0.1) is 0 Å². The molecule has 0 saturated heterocycles. The highest BCUT2D eigenvalue weighted by atomic mass is 32.2. The molecule has 0 bridgehead atoms. The molecule has 0 spiro atoms. The van der Waals surface area contributed by atoms with Crippen molar-refractivity contribution in [2.45, 2.75) is 11.9 Å². The molecule has 0 unspecified atom stereocenters. The average Bonchev–Trinajstić information content (AvgIpc) is 2.16. The van der Waals surface area contributed by atoms with Crippen LogP contribution in [0.3, 0.4) is 0 Å². The van der Waals surface area contributed by atoms with Crippen molar-refractivity contribution < 1.29 is 26.7 Å². The number of alkyl halides is 3. The summed E-state index contributed by atoms with van der Waals surface area (Å²) in [6.45, 7) is 0. The topological polar surface area (TPSA) is 54.4 Å². The van der Waals surface area contributed by atoms with E-state index < -0.39 is 33.3 Å². The summed E-state index contributed by atoms with van der Waals surface area (Å²) in [7, 11) is -3.75. The van der Waals surface area contributed by atoms with Crippen molar-refractivity contribution in [2.24, 2.45) is 0 Å². The second-order valence-corrected chi connectivity index (χ2v) is 5.25. The standard InChI is InChI=1S/C9H9F3O3S/c10-9(11,12)8-3-1-2-7(4-8)5-16(14,15)6-13/h1-4,13H,5-6H2. The van der Waals surface area contributed by atoms with E-state index in [1.165, 1.54) is 6.07 Å². The molecule has 0 aromatic heterocycles. The molecule has 7 heteroatoms. The molecule has 1 aromatic carbocycles. The lowest BCUT2D eigenvalue weighted by molar-refractivity contribution is -0.137. The number of halogens is 3. The lowest BCUT2D eigenvalue weighted by atomic mass is 10.1. The van der Waals surface area contributed by atoms with Crippen molar-refractivity contribution in [3.8, 4) is 0 Å². The summed E-state index contributed by atoms with van der Waals surface area (Å²) in [6.07, 6.45) is -4.50. The number of hydrogen-bond donors (Lipinski definition) is 1. The first-order valence-electron chi connectivity index (χ1n) is 4.22. The molecule has 1 rings (SSSR count). The Morgan fingerprint density at radius 2 is 1.88 bits per heavy atom. The Labute approximate surface area is 90.4 Å². The number of benzene rings is 1. The fourth-order valence-electron chi connectivity index (χ4n) is 1.14. The van der Waals surface area contributed by atoms with Crippen molar-refractivity contribution in [3.63, 3.8) is 0 Å². The molecule has 0 aliphatic heterocycles. The van der Waals surface area contributed by atoms with E-state index in [-0.39, 0.29) is 5.56 Å². The van der Waals surface area contributed by atoms with Gasteiger partial charge in [-0.1, -0.05) is 18.2 Å². The lowest BCUT2D eigenvalue weighted by Gasteiger charge is -2.08. The number of aliphatic hydroxyl groups is 1. The first kappa shape index (κ1) is 13.0. The molecule has 0 amide bonds. The summed E-state index contributed by atoms with van der Waals surface area (Å²) in [5.74, 6) is -1.68. The van der Waals surface area contributed by atoms with Gasteiger partial charge in [-0.05, 0) is 11.6 Å². The molecule has 3 nitrogen and oxygen atoms in total. The minimum absolute atomic E-state index is 0.00359. The van der Waals surface area contributed by atoms with E-state index in [2.05, 4.69) is 0 Å². The van der Waals surface area contributed by atoms with E-state index in [4.69, 9.17) is 5.11 Å². The third kappa shape index (κ3) is 3.49. The number of sulfone groups is 1. The molecule has 1 aromatic rings. The Hall–Kier alpha value is -1.08. The second-order valence-electron chi connectivity index (χ2n) is 3.22. The number of rotatable bonds is 3. The highest BCUT2D eigenvalue weighted by Gasteiger charge is 2.30. The zero-order valence-corrected chi connectivity index (χ0v) is 8.85. The molecule has 0 heterocycles. The van der Waals surface area contributed by atoms with Crippen LogP contribution >= 0.6 is 0 Å². The van der Waals surface area contributed by atoms with Gasteiger partial charge in [0.15, 0.2) is 9.84 Å². The van der Waals surface area contributed by atoms with Gasteiger partial charge in [0.1, 0.15) is 5.94 Å². The van der Waals surface area contributed by atoms with E-state index in [1.807, 2.05) is 0 Å². The maximum absolute atomic E-state index is 12.3. The van der Waals surface area contributed by atoms with Crippen LogP contribution in [0.25, 0.3) is 0 Å². The van der Waals surface area contributed by atoms with Crippen molar-refractivity contribution in [3.05, 3.63) is 35.4 Å². The third-order valence-electron chi connectivity index (χ3n) is 1.84. The fourth-order valence-corrected chi connectivity index (χ4v) is 1.92. The molecule has 0 atom stereocenters. The summed E-state index contributed by atoms with van der Waals surface area (Å²) in [5, 5.41) is 8.47. The molecular formula is C9H9F3O3S. The first-order valence-corrected chi connectivity index (χ1v) is 6.04. The lowest BCUT2D eigenvalue weighted by Crippen LogP contribution is -2.10. The van der Waals surface area contributed by atoms with E-state index in [9.17, 15) is 21.6 Å². The zero-order chi connectivity index (χ0) is 12.4. The molecule has 90 valence electrons. The van der Waals surface area contributed by atoms with Gasteiger partial charge >= 0.3 is 6.18 Å². The molecule has 16 heavy (non-hydrogen) atoms. The normalized spacial score (nSPS) is 12.8. The van der Waals surface area contributed by atoms with Crippen LogP contribution in [0.5, 0.6) is 0 Å². The Bertz CT molecular complexity index is 465. The number of hydrogen-bond acceptors (Lipinski definition) is 3. The SMILES string of the molecule is O=S(=O)(CO)Cc1cccc(C(F)(F)F)c1. The quantitative estimate of drug-likeness (QED) is 0.890. The van der Waals surface area contributed by atoms with Crippen LogP contribution in [-0.4, -0.2) is 19.5 Å². The summed E-state index contributed by atoms with van der Waals surface area (Å²) in [6, 6.07) is 4.01. The molecule has 0 saturated carbocycles. The maximum Gasteiger partial charge on any atom is 0.416 e. The monoisotopic (exact) mass is 254 g/mol. The predicted molar refractivity (Wildman–Crippen MR) is 51.2 cm³/mol. The van der Waals surface area contributed by atoms with E-state index >= 15 is 0 Å². The highest BCUT2D eigenvalue weighted by molar-refractivity contribution is 7.90. The van der Waals surface area contributed by atoms with Crippen LogP contribution in [-0.2, 0) is 21.8 Å². The van der Waals surface area contributed by atoms with Gasteiger partial charge in [0.2, 0.25) is 0 Å². The zero-order valence-electron chi connectivity index (χ0n) is 8.03. The molecule has 1 N–H and O–H groups in total. The summed E-state index contributed by atoms with van der Waals surface area (Å²) in [4.78, 5) is 0. The van der Waals surface area contributed by atoms with Gasteiger partial charge in [0, 0.05) is 0 Å². The van der Waals surface area contributed by atoms with Crippen molar-refractivity contribution in [1.82, 2.24) is 0 Å². The first-order chi connectivity index (χ1) is 7.24. The highest BCUT2D eigenvalue weighted by Crippen LogP contribution is 2.29. The van der Waals surface area contributed by atoms with E-state index in [1.54, 1.807) is 0 Å². The summed E-state index contributed by atoms with van der Waals surface area (Å²) >= 11 is 0. The van der Waals surface area contributed by atoms with Gasteiger partial charge in [0.25, 0.3) is 0 Å². The van der Waals surface area contributed by atoms with Crippen molar-refractivity contribution in [1.29, 1.82) is 0 Å². The van der Waals surface area contributed by atoms with Crippen LogP contribution in [0.15, 0.2) is 24.3 Å². The minimum Gasteiger partial charge on any atom is -0.380 e. The third-order valence-corrected chi connectivity index (χ3v) is 3.00. The van der Waals surface area contributed by atoms with E-state index in [0.717, 1.165) is 18.2 Å². The van der Waals surface area contributed by atoms with Gasteiger partial charge < -0.3 is 5.11 Å². The smallest absolute Gasteiger partial charge is 0.380 e. The molecule has 0 aliphatic rings. The van der Waals surface area contributed by atoms with Crippen LogP contribution < -0.4 is 0 Å². The Morgan fingerprint density at radius 1 is 1.25 bits per heavy atom. The summed E-state index contributed by atoms with van der Waals surface area (Å²) < 4.78 is 58.8. The fraction of sp³-hybridized carbons (Fsp3) is 0.333. The molecular weight excluding hydrogens is 245 g/mol. The maximum atomic E-state index is 12.3. The second kappa shape index (κ2) is 4.42. The minimum atomic E-state index is -4.50. The Kier molecular flexibility index (Phi) is 3.59. The average molecular weight is 254 g/mol. The Balaban J connectivity index is 3.01. The molecule has 0 radical (unpaired) electrons. The molecule has 0 fully saturated rings. The van der Waals surface area contributed by atoms with E-state index in [0.29, 0.717) is 0 Å². The van der Waals surface area contributed by atoms with Crippen LogP contribution in [0.2, 0.25) is 0 Å². The van der Waals surface area contributed by atoms with Gasteiger partial charge in [-0.25, -0.2) is 8.42 Å². The van der Waals surface area contributed by atoms with Crippen molar-refractivity contribution in [2.75, 3.05) is 5.94 Å². The van der Waals surface area contributed by atoms with Gasteiger partial charge in [-0.3, -0.25) is 0 Å². The molecule has 0 aliphatic carbocycles. The van der Waals surface area contributed by atoms with Crippen LogP contribution in [0.1, 0.15) is 11.1 Å². The van der Waals surface area contributed by atoms with Crippen LogP contribution in [0, 0.1) is 0 Å². The van der Waals surface area contributed by atoms with Crippen molar-refractivity contribution >= 4 is 9.84 Å². The largest absolute Gasteiger partial charge is 0.416 e. The van der Waals surface area contributed by atoms with Crippen LogP contribution in [0.4, 0.5) is 13.2 Å². The Morgan fingerprint density at radius 3 is 2.38 bits per heavy atom. The van der Waals surface area contributed by atoms with Gasteiger partial charge in [0.05, 0.1) is 11.3 Å².